The fourth-order valence-electron chi connectivity index (χ4n) is 2.61. The van der Waals surface area contributed by atoms with E-state index in [1.807, 2.05) is 50.3 Å². The normalized spacial score (nSPS) is 11.9. The van der Waals surface area contributed by atoms with Gasteiger partial charge < -0.3 is 14.6 Å². The molecule has 28 heavy (non-hydrogen) atoms. The van der Waals surface area contributed by atoms with Gasteiger partial charge in [-0.25, -0.2) is 4.98 Å². The summed E-state index contributed by atoms with van der Waals surface area (Å²) in [7, 11) is 1.54. The topological polar surface area (TPSA) is 68.7 Å². The van der Waals surface area contributed by atoms with Crippen LogP contribution in [0.2, 0.25) is 0 Å². The van der Waals surface area contributed by atoms with Gasteiger partial charge in [-0.1, -0.05) is 36.4 Å². The highest BCUT2D eigenvalue weighted by Crippen LogP contribution is 2.24. The molecule has 0 aliphatic carbocycles. The second-order valence-electron chi connectivity index (χ2n) is 6.10. The van der Waals surface area contributed by atoms with Crippen molar-refractivity contribution in [3.8, 4) is 17.0 Å². The predicted molar refractivity (Wildman–Crippen MR) is 111 cm³/mol. The molecule has 2 aromatic rings. The van der Waals surface area contributed by atoms with Gasteiger partial charge in [-0.05, 0) is 48.3 Å². The van der Waals surface area contributed by atoms with Crippen LogP contribution in [0.15, 0.2) is 66.6 Å². The van der Waals surface area contributed by atoms with Crippen molar-refractivity contribution in [2.45, 2.75) is 20.3 Å². The van der Waals surface area contributed by atoms with Gasteiger partial charge in [-0.15, -0.1) is 0 Å². The van der Waals surface area contributed by atoms with E-state index in [0.717, 1.165) is 22.3 Å². The minimum atomic E-state index is -0.878. The molecular formula is C23H25NO4. The lowest BCUT2D eigenvalue weighted by atomic mass is 10.00. The summed E-state index contributed by atoms with van der Waals surface area (Å²) in [6.07, 6.45) is 10.4. The number of aryl methyl sites for hydroxylation is 1. The van der Waals surface area contributed by atoms with Gasteiger partial charge in [-0.3, -0.25) is 4.79 Å². The molecule has 0 saturated heterocycles. The molecule has 1 N–H and O–H groups in total. The van der Waals surface area contributed by atoms with Crippen LogP contribution >= 0.6 is 0 Å². The van der Waals surface area contributed by atoms with Gasteiger partial charge in [0.25, 0.3) is 0 Å². The van der Waals surface area contributed by atoms with Crippen LogP contribution in [0.3, 0.4) is 0 Å². The SMILES string of the molecule is CCOc1ccc(-c2ccc(/C=C/C(=C\C=C\OC)CC(=O)O)c(C)c2)cn1. The molecule has 1 heterocycles. The fraction of sp³-hybridized carbons (Fsp3) is 0.217. The number of aliphatic carboxylic acids is 1. The average molecular weight is 379 g/mol. The Hall–Kier alpha value is -3.34. The van der Waals surface area contributed by atoms with E-state index in [4.69, 9.17) is 14.6 Å². The van der Waals surface area contributed by atoms with Gasteiger partial charge in [0.15, 0.2) is 0 Å². The molecular weight excluding hydrogens is 354 g/mol. The number of hydrogen-bond acceptors (Lipinski definition) is 4. The summed E-state index contributed by atoms with van der Waals surface area (Å²) in [5.74, 6) is -0.264. The molecule has 1 aromatic heterocycles. The maximum atomic E-state index is 11.0. The van der Waals surface area contributed by atoms with Crippen LogP contribution in [0.25, 0.3) is 17.2 Å². The number of ether oxygens (including phenoxy) is 2. The van der Waals surface area contributed by atoms with Crippen LogP contribution in [-0.4, -0.2) is 29.8 Å². The third-order valence-electron chi connectivity index (χ3n) is 3.99. The smallest absolute Gasteiger partial charge is 0.307 e. The Bertz CT molecular complexity index is 880. The lowest BCUT2D eigenvalue weighted by molar-refractivity contribution is -0.136. The molecule has 2 rings (SSSR count). The van der Waals surface area contributed by atoms with Crippen LogP contribution in [-0.2, 0) is 9.53 Å². The highest BCUT2D eigenvalue weighted by molar-refractivity contribution is 5.73. The summed E-state index contributed by atoms with van der Waals surface area (Å²) >= 11 is 0. The van der Waals surface area contributed by atoms with Gasteiger partial charge in [-0.2, -0.15) is 0 Å². The van der Waals surface area contributed by atoms with Gasteiger partial charge in [0, 0.05) is 17.8 Å². The summed E-state index contributed by atoms with van der Waals surface area (Å²) in [4.78, 5) is 15.3. The molecule has 0 unspecified atom stereocenters. The Kier molecular flexibility index (Phi) is 8.03. The molecule has 0 fully saturated rings. The number of carboxylic acids is 1. The van der Waals surface area contributed by atoms with E-state index in [0.29, 0.717) is 18.1 Å². The third kappa shape index (κ3) is 6.43. The first kappa shape index (κ1) is 21.0. The van der Waals surface area contributed by atoms with Crippen molar-refractivity contribution in [1.29, 1.82) is 0 Å². The number of nitrogens with zero attached hydrogens (tertiary/aromatic N) is 1. The number of benzene rings is 1. The Morgan fingerprint density at radius 3 is 2.61 bits per heavy atom. The maximum Gasteiger partial charge on any atom is 0.307 e. The third-order valence-corrected chi connectivity index (χ3v) is 3.99. The lowest BCUT2D eigenvalue weighted by Gasteiger charge is -2.07. The number of pyridine rings is 1. The quantitative estimate of drug-likeness (QED) is 0.489. The molecule has 0 amide bonds. The second-order valence-corrected chi connectivity index (χ2v) is 6.10. The number of carboxylic acid groups (broad SMARTS) is 1. The molecule has 0 aliphatic heterocycles. The van der Waals surface area contributed by atoms with Gasteiger partial charge in [0.05, 0.1) is 26.4 Å². The van der Waals surface area contributed by atoms with E-state index in [1.54, 1.807) is 25.5 Å². The fourth-order valence-corrected chi connectivity index (χ4v) is 2.61. The predicted octanol–water partition coefficient (Wildman–Crippen LogP) is 5.03. The maximum absolute atomic E-state index is 11.0. The summed E-state index contributed by atoms with van der Waals surface area (Å²) in [5, 5.41) is 9.06. The standard InChI is InChI=1S/C23H25NO4/c1-4-28-22-12-11-21(16-24-22)20-10-9-19(17(2)14-20)8-7-18(15-23(25)26)6-5-13-27-3/h5-14,16H,4,15H2,1-3H3,(H,25,26)/b8-7+,13-5+,18-6+. The second kappa shape index (κ2) is 10.7. The molecule has 0 radical (unpaired) electrons. The zero-order valence-electron chi connectivity index (χ0n) is 16.4. The van der Waals surface area contributed by atoms with E-state index in [-0.39, 0.29) is 6.42 Å². The zero-order valence-corrected chi connectivity index (χ0v) is 16.4. The Morgan fingerprint density at radius 1 is 1.21 bits per heavy atom. The Labute approximate surface area is 165 Å². The minimum absolute atomic E-state index is 0.0560. The van der Waals surface area contributed by atoms with Crippen LogP contribution in [0.1, 0.15) is 24.5 Å². The zero-order chi connectivity index (χ0) is 20.4. The van der Waals surface area contributed by atoms with E-state index in [2.05, 4.69) is 11.1 Å². The first-order valence-electron chi connectivity index (χ1n) is 9.01. The number of allylic oxidation sites excluding steroid dienone is 3. The first-order valence-corrected chi connectivity index (χ1v) is 9.01. The summed E-state index contributed by atoms with van der Waals surface area (Å²) in [6, 6.07) is 9.97. The average Bonchev–Trinajstić information content (AvgIpc) is 2.67. The number of rotatable bonds is 9. The Morgan fingerprint density at radius 2 is 2.00 bits per heavy atom. The number of carbonyl (C=O) groups is 1. The van der Waals surface area contributed by atoms with E-state index >= 15 is 0 Å². The van der Waals surface area contributed by atoms with E-state index in [9.17, 15) is 4.79 Å². The van der Waals surface area contributed by atoms with Crippen molar-refractivity contribution >= 4 is 12.0 Å². The molecule has 5 heteroatoms. The Balaban J connectivity index is 2.20. The molecule has 0 atom stereocenters. The molecule has 0 saturated carbocycles. The monoisotopic (exact) mass is 379 g/mol. The van der Waals surface area contributed by atoms with Crippen molar-refractivity contribution in [3.05, 3.63) is 77.7 Å². The number of aromatic nitrogens is 1. The molecule has 5 nitrogen and oxygen atoms in total. The van der Waals surface area contributed by atoms with Gasteiger partial charge >= 0.3 is 5.97 Å². The minimum Gasteiger partial charge on any atom is -0.504 e. The molecule has 0 aliphatic rings. The number of hydrogen-bond donors (Lipinski definition) is 1. The highest BCUT2D eigenvalue weighted by atomic mass is 16.5. The lowest BCUT2D eigenvalue weighted by Crippen LogP contribution is -1.95. The first-order chi connectivity index (χ1) is 13.5. The molecule has 146 valence electrons. The van der Waals surface area contributed by atoms with E-state index < -0.39 is 5.97 Å². The van der Waals surface area contributed by atoms with Gasteiger partial charge in [0.1, 0.15) is 0 Å². The van der Waals surface area contributed by atoms with Crippen molar-refractivity contribution in [1.82, 2.24) is 4.98 Å². The highest BCUT2D eigenvalue weighted by Gasteiger charge is 2.04. The van der Waals surface area contributed by atoms with Crippen LogP contribution < -0.4 is 4.74 Å². The number of methoxy groups -OCH3 is 1. The van der Waals surface area contributed by atoms with Crippen molar-refractivity contribution in [2.75, 3.05) is 13.7 Å². The van der Waals surface area contributed by atoms with Gasteiger partial charge in [0.2, 0.25) is 5.88 Å². The summed E-state index contributed by atoms with van der Waals surface area (Å²) < 4.78 is 10.2. The summed E-state index contributed by atoms with van der Waals surface area (Å²) in [5.41, 5.74) is 4.87. The van der Waals surface area contributed by atoms with E-state index in [1.165, 1.54) is 6.26 Å². The molecule has 1 aromatic carbocycles. The van der Waals surface area contributed by atoms with Crippen molar-refractivity contribution in [3.63, 3.8) is 0 Å². The van der Waals surface area contributed by atoms with Crippen molar-refractivity contribution in [2.24, 2.45) is 0 Å². The van der Waals surface area contributed by atoms with Crippen LogP contribution in [0, 0.1) is 6.92 Å². The van der Waals surface area contributed by atoms with Crippen molar-refractivity contribution < 1.29 is 19.4 Å². The van der Waals surface area contributed by atoms with Crippen LogP contribution in [0.5, 0.6) is 5.88 Å². The largest absolute Gasteiger partial charge is 0.504 e. The summed E-state index contributed by atoms with van der Waals surface area (Å²) in [6.45, 7) is 4.54. The molecule has 0 bridgehead atoms. The molecule has 0 spiro atoms. The van der Waals surface area contributed by atoms with Crippen LogP contribution in [0.4, 0.5) is 0 Å².